The number of ether oxygens (including phenoxy) is 1. The number of nitrogens with one attached hydrogen (secondary N) is 1. The van der Waals surface area contributed by atoms with E-state index in [0.717, 1.165) is 12.1 Å². The highest BCUT2D eigenvalue weighted by Crippen LogP contribution is 2.32. The molecule has 0 bridgehead atoms. The van der Waals surface area contributed by atoms with Crippen molar-refractivity contribution in [2.24, 2.45) is 0 Å². The summed E-state index contributed by atoms with van der Waals surface area (Å²) in [5, 5.41) is 2.86. The summed E-state index contributed by atoms with van der Waals surface area (Å²) in [5.74, 6) is -2.26. The van der Waals surface area contributed by atoms with Gasteiger partial charge in [-0.25, -0.2) is 13.2 Å². The van der Waals surface area contributed by atoms with Gasteiger partial charge in [0.05, 0.1) is 13.2 Å². The van der Waals surface area contributed by atoms with Crippen LogP contribution >= 0.6 is 11.6 Å². The lowest BCUT2D eigenvalue weighted by Gasteiger charge is -2.20. The van der Waals surface area contributed by atoms with Crippen LogP contribution in [0.1, 0.15) is 17.2 Å². The second-order valence-electron chi connectivity index (χ2n) is 4.40. The Hall–Kier alpha value is -1.72. The highest BCUT2D eigenvalue weighted by molar-refractivity contribution is 6.31. The molecule has 0 aliphatic carbocycles. The minimum atomic E-state index is -1.05. The number of benzene rings is 2. The van der Waals surface area contributed by atoms with Crippen molar-refractivity contribution in [3.8, 4) is 5.75 Å². The van der Waals surface area contributed by atoms with Crippen molar-refractivity contribution >= 4 is 11.6 Å². The molecule has 2 aromatic carbocycles. The van der Waals surface area contributed by atoms with Crippen LogP contribution in [-0.2, 0) is 0 Å². The van der Waals surface area contributed by atoms with Gasteiger partial charge in [-0.3, -0.25) is 0 Å². The van der Waals surface area contributed by atoms with Crippen molar-refractivity contribution < 1.29 is 17.9 Å². The van der Waals surface area contributed by atoms with Crippen LogP contribution in [0.5, 0.6) is 5.75 Å². The van der Waals surface area contributed by atoms with Crippen molar-refractivity contribution in [1.29, 1.82) is 0 Å². The maximum atomic E-state index is 14.1. The molecule has 0 saturated heterocycles. The summed E-state index contributed by atoms with van der Waals surface area (Å²) in [5.41, 5.74) is 0.508. The Bertz CT molecular complexity index is 664. The first-order chi connectivity index (χ1) is 9.97. The van der Waals surface area contributed by atoms with E-state index in [1.54, 1.807) is 13.1 Å². The normalized spacial score (nSPS) is 12.3. The average molecular weight is 316 g/mol. The van der Waals surface area contributed by atoms with E-state index in [9.17, 15) is 13.2 Å². The van der Waals surface area contributed by atoms with E-state index < -0.39 is 23.5 Å². The molecule has 0 saturated carbocycles. The molecule has 1 atom stereocenters. The first-order valence-corrected chi connectivity index (χ1v) is 6.51. The first-order valence-electron chi connectivity index (χ1n) is 6.13. The molecule has 21 heavy (non-hydrogen) atoms. The molecule has 0 heterocycles. The monoisotopic (exact) mass is 315 g/mol. The van der Waals surface area contributed by atoms with Crippen LogP contribution in [0.15, 0.2) is 30.3 Å². The number of hydrogen-bond acceptors (Lipinski definition) is 2. The molecule has 1 N–H and O–H groups in total. The van der Waals surface area contributed by atoms with Crippen molar-refractivity contribution in [2.75, 3.05) is 14.2 Å². The number of hydrogen-bond donors (Lipinski definition) is 1. The summed E-state index contributed by atoms with van der Waals surface area (Å²) in [4.78, 5) is 0. The summed E-state index contributed by atoms with van der Waals surface area (Å²) in [6, 6.07) is 5.43. The molecule has 0 fully saturated rings. The predicted molar refractivity (Wildman–Crippen MR) is 75.2 cm³/mol. The molecule has 0 spiro atoms. The Balaban J connectivity index is 2.52. The fraction of sp³-hybridized carbons (Fsp3) is 0.200. The molecule has 2 nitrogen and oxygen atoms in total. The zero-order chi connectivity index (χ0) is 15.6. The molecule has 2 aromatic rings. The van der Waals surface area contributed by atoms with E-state index in [0.29, 0.717) is 5.75 Å². The highest BCUT2D eigenvalue weighted by atomic mass is 35.5. The summed E-state index contributed by atoms with van der Waals surface area (Å²) in [6.07, 6.45) is 0. The minimum absolute atomic E-state index is 0.0171. The first kappa shape index (κ1) is 15.7. The van der Waals surface area contributed by atoms with Gasteiger partial charge in [0.1, 0.15) is 11.6 Å². The van der Waals surface area contributed by atoms with Crippen LogP contribution in [-0.4, -0.2) is 14.2 Å². The molecule has 0 amide bonds. The molecule has 2 rings (SSSR count). The van der Waals surface area contributed by atoms with Gasteiger partial charge in [-0.1, -0.05) is 17.7 Å². The molecule has 0 radical (unpaired) electrons. The van der Waals surface area contributed by atoms with Gasteiger partial charge in [0.2, 0.25) is 0 Å². The Kier molecular flexibility index (Phi) is 4.75. The largest absolute Gasteiger partial charge is 0.497 e. The Morgan fingerprint density at radius 2 is 1.67 bits per heavy atom. The molecule has 0 aliphatic heterocycles. The van der Waals surface area contributed by atoms with Crippen molar-refractivity contribution in [1.82, 2.24) is 5.32 Å². The predicted octanol–water partition coefficient (Wildman–Crippen LogP) is 4.07. The van der Waals surface area contributed by atoms with Crippen LogP contribution in [0.2, 0.25) is 5.02 Å². The summed E-state index contributed by atoms with van der Waals surface area (Å²) in [6.45, 7) is 0. The molecular weight excluding hydrogens is 303 g/mol. The van der Waals surface area contributed by atoms with E-state index in [2.05, 4.69) is 5.32 Å². The van der Waals surface area contributed by atoms with E-state index in [4.69, 9.17) is 16.3 Å². The second-order valence-corrected chi connectivity index (χ2v) is 4.80. The van der Waals surface area contributed by atoms with Gasteiger partial charge in [0, 0.05) is 16.7 Å². The van der Waals surface area contributed by atoms with Crippen LogP contribution < -0.4 is 10.1 Å². The van der Waals surface area contributed by atoms with Gasteiger partial charge in [0.15, 0.2) is 11.6 Å². The van der Waals surface area contributed by atoms with Gasteiger partial charge in [-0.2, -0.15) is 0 Å². The standard InChI is InChI=1S/C15H13ClF3NO/c1-20-15(9-4-3-8(21-2)5-12(9)17)10-6-13(18)14(19)7-11(10)16/h3-7,15,20H,1-2H3. The smallest absolute Gasteiger partial charge is 0.160 e. The lowest BCUT2D eigenvalue weighted by atomic mass is 9.98. The van der Waals surface area contributed by atoms with Gasteiger partial charge >= 0.3 is 0 Å². The second kappa shape index (κ2) is 6.37. The summed E-state index contributed by atoms with van der Waals surface area (Å²) >= 11 is 5.94. The molecule has 6 heteroatoms. The highest BCUT2D eigenvalue weighted by Gasteiger charge is 2.21. The third-order valence-electron chi connectivity index (χ3n) is 3.16. The number of methoxy groups -OCH3 is 1. The van der Waals surface area contributed by atoms with Gasteiger partial charge in [-0.15, -0.1) is 0 Å². The van der Waals surface area contributed by atoms with Gasteiger partial charge in [0.25, 0.3) is 0 Å². The molecule has 0 aliphatic rings. The zero-order valence-electron chi connectivity index (χ0n) is 11.4. The third kappa shape index (κ3) is 3.14. The third-order valence-corrected chi connectivity index (χ3v) is 3.49. The Morgan fingerprint density at radius 3 is 2.24 bits per heavy atom. The zero-order valence-corrected chi connectivity index (χ0v) is 12.1. The van der Waals surface area contributed by atoms with Crippen LogP contribution in [0.3, 0.4) is 0 Å². The maximum Gasteiger partial charge on any atom is 0.160 e. The van der Waals surface area contributed by atoms with Crippen molar-refractivity contribution in [2.45, 2.75) is 6.04 Å². The van der Waals surface area contributed by atoms with Crippen molar-refractivity contribution in [3.63, 3.8) is 0 Å². The fourth-order valence-electron chi connectivity index (χ4n) is 2.11. The van der Waals surface area contributed by atoms with E-state index in [-0.39, 0.29) is 16.1 Å². The molecule has 1 unspecified atom stereocenters. The minimum Gasteiger partial charge on any atom is -0.497 e. The van der Waals surface area contributed by atoms with Crippen LogP contribution in [0.25, 0.3) is 0 Å². The Labute approximate surface area is 125 Å². The summed E-state index contributed by atoms with van der Waals surface area (Å²) in [7, 11) is 3.00. The fourth-order valence-corrected chi connectivity index (χ4v) is 2.37. The average Bonchev–Trinajstić information content (AvgIpc) is 2.46. The summed E-state index contributed by atoms with van der Waals surface area (Å²) < 4.78 is 45.6. The van der Waals surface area contributed by atoms with E-state index in [1.165, 1.54) is 19.2 Å². The molecule has 112 valence electrons. The maximum absolute atomic E-state index is 14.1. The lowest BCUT2D eigenvalue weighted by molar-refractivity contribution is 0.410. The SMILES string of the molecule is CNC(c1ccc(OC)cc1F)c1cc(F)c(F)cc1Cl. The lowest BCUT2D eigenvalue weighted by Crippen LogP contribution is -2.20. The Morgan fingerprint density at radius 1 is 1.00 bits per heavy atom. The topological polar surface area (TPSA) is 21.3 Å². The number of halogens is 4. The van der Waals surface area contributed by atoms with Gasteiger partial charge < -0.3 is 10.1 Å². The van der Waals surface area contributed by atoms with Crippen LogP contribution in [0.4, 0.5) is 13.2 Å². The van der Waals surface area contributed by atoms with Crippen molar-refractivity contribution in [3.05, 3.63) is 63.9 Å². The molecule has 0 aromatic heterocycles. The molecular formula is C15H13ClF3NO. The van der Waals surface area contributed by atoms with E-state index >= 15 is 0 Å². The number of rotatable bonds is 4. The quantitative estimate of drug-likeness (QED) is 0.859. The van der Waals surface area contributed by atoms with Crippen LogP contribution in [0, 0.1) is 17.5 Å². The van der Waals surface area contributed by atoms with Gasteiger partial charge in [-0.05, 0) is 30.8 Å². The van der Waals surface area contributed by atoms with E-state index in [1.807, 2.05) is 0 Å².